The molecule has 10 nitrogen and oxygen atoms in total. The van der Waals surface area contributed by atoms with Crippen molar-refractivity contribution in [1.29, 1.82) is 0 Å². The van der Waals surface area contributed by atoms with Gasteiger partial charge >= 0.3 is 5.97 Å². The topological polar surface area (TPSA) is 146 Å². The minimum absolute atomic E-state index is 0.0212. The summed E-state index contributed by atoms with van der Waals surface area (Å²) < 4.78 is 13.0. The molecule has 5 N–H and O–H groups in total. The first kappa shape index (κ1) is 56.4. The Morgan fingerprint density at radius 3 is 1.46 bits per heavy atom. The van der Waals surface area contributed by atoms with Gasteiger partial charge in [-0.05, 0) is 157 Å². The maximum absolute atomic E-state index is 13.2. The Balaban J connectivity index is 0.000000207. The summed E-state index contributed by atoms with van der Waals surface area (Å²) in [4.78, 5) is 27.1. The van der Waals surface area contributed by atoms with E-state index in [2.05, 4.69) is 92.3 Å². The van der Waals surface area contributed by atoms with Crippen LogP contribution in [0.1, 0.15) is 232 Å². The first-order chi connectivity index (χ1) is 33.6. The van der Waals surface area contributed by atoms with Crippen LogP contribution in [0.4, 0.5) is 0 Å². The van der Waals surface area contributed by atoms with Gasteiger partial charge < -0.3 is 24.8 Å². The van der Waals surface area contributed by atoms with E-state index in [9.17, 15) is 24.9 Å². The summed E-state index contributed by atoms with van der Waals surface area (Å²) in [6.45, 7) is 26.7. The molecule has 0 amide bonds. The third kappa shape index (κ3) is 14.3. The van der Waals surface area contributed by atoms with Gasteiger partial charge in [-0.15, -0.1) is 0 Å². The van der Waals surface area contributed by atoms with E-state index in [1.54, 1.807) is 0 Å². The maximum Gasteiger partial charge on any atom is 0.331 e. The molecule has 4 atom stereocenters. The van der Waals surface area contributed by atoms with E-state index in [4.69, 9.17) is 15.3 Å². The number of carbonyl (C=O) groups excluding carboxylic acids is 1. The number of allylic oxidation sites excluding steroid dienone is 2. The Morgan fingerprint density at radius 2 is 1.06 bits per heavy atom. The van der Waals surface area contributed by atoms with E-state index >= 15 is 0 Å². The smallest absolute Gasteiger partial charge is 0.331 e. The van der Waals surface area contributed by atoms with Crippen molar-refractivity contribution in [3.05, 3.63) is 69.8 Å². The zero-order valence-electron chi connectivity index (χ0n) is 45.9. The van der Waals surface area contributed by atoms with Crippen molar-refractivity contribution in [2.45, 2.75) is 232 Å². The van der Waals surface area contributed by atoms with Gasteiger partial charge in [0.05, 0.1) is 6.54 Å². The van der Waals surface area contributed by atoms with E-state index in [0.29, 0.717) is 37.1 Å². The molecule has 2 aromatic rings. The third-order valence-electron chi connectivity index (χ3n) is 17.3. The standard InChI is InChI=1S/C31H47NO3.C25H36O4.C5H12N2/c1-6-7-8-10-15-30(2,3)23-19-26(33)29-24-18-22(27(34)21-32-16-11-9-12-17-32)13-14-25(24)31(4,5)35-28(29)20-23;1-6-7-8-9-12-24(2,3)17-14-20(26)22-18-13-16(23(27)28)10-11-19(18)25(4,5)29-21(22)15-17;6-7-4-2-1-3-5-7/h13,19-20,24-25,33H,6-12,14-18,21H2,1-5H3;10,14-15,18-19,26H,6-9,11-13H2,1-5H3,(H,27,28);1-6H2/t24-,25-;18-,19-;/m11./s1. The molecule has 10 heteroatoms. The van der Waals surface area contributed by atoms with Crippen LogP contribution in [0.3, 0.4) is 0 Å². The zero-order valence-corrected chi connectivity index (χ0v) is 45.9. The zero-order chi connectivity index (χ0) is 51.7. The molecule has 71 heavy (non-hydrogen) atoms. The van der Waals surface area contributed by atoms with E-state index in [0.717, 1.165) is 84.8 Å². The van der Waals surface area contributed by atoms with Gasteiger partial charge in [0.1, 0.15) is 34.2 Å². The Bertz CT molecular complexity index is 2180. The quantitative estimate of drug-likeness (QED) is 0.0947. The number of piperidine rings is 2. The van der Waals surface area contributed by atoms with Gasteiger partial charge in [-0.2, -0.15) is 0 Å². The number of carboxylic acid groups (broad SMARTS) is 1. The molecule has 8 rings (SSSR count). The second-order valence-electron chi connectivity index (χ2n) is 24.5. The van der Waals surface area contributed by atoms with Crippen LogP contribution in [-0.2, 0) is 20.4 Å². The molecule has 0 saturated carbocycles. The molecule has 0 bridgehead atoms. The highest BCUT2D eigenvalue weighted by Crippen LogP contribution is 2.57. The van der Waals surface area contributed by atoms with Crippen LogP contribution in [0.5, 0.6) is 23.0 Å². The molecule has 2 saturated heterocycles. The first-order valence-electron chi connectivity index (χ1n) is 28.1. The molecule has 0 spiro atoms. The number of phenolic OH excluding ortho intramolecular Hbond substituents is 2. The lowest BCUT2D eigenvalue weighted by Gasteiger charge is -2.47. The highest BCUT2D eigenvalue weighted by atomic mass is 16.5. The van der Waals surface area contributed by atoms with Crippen LogP contribution in [0.25, 0.3) is 0 Å². The van der Waals surface area contributed by atoms with Crippen LogP contribution in [0, 0.1) is 11.8 Å². The van der Waals surface area contributed by atoms with Crippen LogP contribution < -0.4 is 15.3 Å². The van der Waals surface area contributed by atoms with E-state index in [-0.39, 0.29) is 51.6 Å². The van der Waals surface area contributed by atoms with Crippen LogP contribution in [-0.4, -0.2) is 80.9 Å². The average molecular weight is 982 g/mol. The molecule has 2 aliphatic carbocycles. The van der Waals surface area contributed by atoms with E-state index < -0.39 is 11.6 Å². The summed E-state index contributed by atoms with van der Waals surface area (Å²) in [5.74, 6) is 7.47. The molecule has 4 aliphatic heterocycles. The maximum atomic E-state index is 13.2. The highest BCUT2D eigenvalue weighted by molar-refractivity contribution is 5.97. The number of ketones is 1. The summed E-state index contributed by atoms with van der Waals surface area (Å²) in [5.41, 5.74) is 4.49. The number of hydrazine groups is 1. The Hall–Kier alpha value is -3.86. The van der Waals surface area contributed by atoms with Crippen molar-refractivity contribution in [1.82, 2.24) is 9.91 Å². The number of nitrogens with zero attached hydrogens (tertiary/aromatic N) is 2. The normalized spacial score (nSPS) is 23.8. The third-order valence-corrected chi connectivity index (χ3v) is 17.3. The number of ether oxygens (including phenoxy) is 2. The minimum Gasteiger partial charge on any atom is -0.508 e. The van der Waals surface area contributed by atoms with Crippen molar-refractivity contribution in [3.8, 4) is 23.0 Å². The predicted octanol–water partition coefficient (Wildman–Crippen LogP) is 13.9. The van der Waals surface area contributed by atoms with Gasteiger partial charge in [-0.3, -0.25) is 15.5 Å². The molecule has 396 valence electrons. The average Bonchev–Trinajstić information content (AvgIpc) is 3.31. The number of hydrogen-bond acceptors (Lipinski definition) is 9. The lowest BCUT2D eigenvalue weighted by atomic mass is 9.66. The number of Topliss-reactive ketones (excluding diaryl/α,β-unsaturated/α-hetero) is 1. The fraction of sp³-hybridized carbons (Fsp3) is 0.705. The minimum atomic E-state index is -0.862. The summed E-state index contributed by atoms with van der Waals surface area (Å²) in [6.07, 6.45) is 26.2. The number of carbonyl (C=O) groups is 2. The number of carboxylic acids is 1. The van der Waals surface area contributed by atoms with E-state index in [1.807, 2.05) is 23.2 Å². The highest BCUT2D eigenvalue weighted by Gasteiger charge is 2.49. The molecule has 0 aromatic heterocycles. The van der Waals surface area contributed by atoms with Crippen molar-refractivity contribution < 1.29 is 34.4 Å². The molecule has 4 heterocycles. The monoisotopic (exact) mass is 982 g/mol. The number of unbranched alkanes of at least 4 members (excludes halogenated alkanes) is 6. The second kappa shape index (κ2) is 24.4. The number of fused-ring (bicyclic) bond motifs is 6. The fourth-order valence-electron chi connectivity index (χ4n) is 12.6. The number of hydrogen-bond donors (Lipinski definition) is 4. The second-order valence-corrected chi connectivity index (χ2v) is 24.5. The summed E-state index contributed by atoms with van der Waals surface area (Å²) in [7, 11) is 0. The number of phenols is 2. The lowest BCUT2D eigenvalue weighted by Crippen LogP contribution is -2.46. The molecular weight excluding hydrogens is 887 g/mol. The van der Waals surface area contributed by atoms with Gasteiger partial charge in [-0.25, -0.2) is 9.80 Å². The van der Waals surface area contributed by atoms with Gasteiger partial charge in [0.2, 0.25) is 0 Å². The number of aromatic hydroxyl groups is 2. The number of aliphatic carboxylic acids is 1. The number of likely N-dealkylation sites (tertiary alicyclic amines) is 1. The summed E-state index contributed by atoms with van der Waals surface area (Å²) >= 11 is 0. The largest absolute Gasteiger partial charge is 0.508 e. The first-order valence-corrected chi connectivity index (χ1v) is 28.1. The molecule has 2 fully saturated rings. The number of nitrogens with two attached hydrogens (primary N) is 1. The number of benzene rings is 2. The SMILES string of the molecule is CCCCCCC(C)(C)c1cc(O)c2c(c1)OC(C)(C)[C@@H]1CC=C(C(=O)CN3CCCCC3)C[C@@H]21.CCCCCCC(C)(C)c1cc(O)c2c(c1)OC(C)(C)[C@@H]1CC=C(C(=O)O)C[C@@H]21.NN1CCCCC1. The van der Waals surface area contributed by atoms with Gasteiger partial charge in [0, 0.05) is 53.5 Å². The summed E-state index contributed by atoms with van der Waals surface area (Å²) in [6, 6.07) is 8.13. The fourth-order valence-corrected chi connectivity index (χ4v) is 12.6. The van der Waals surface area contributed by atoms with Crippen molar-refractivity contribution in [2.75, 3.05) is 32.7 Å². The Labute approximate surface area is 429 Å². The Kier molecular flexibility index (Phi) is 19.4. The van der Waals surface area contributed by atoms with E-state index in [1.165, 1.54) is 89.9 Å². The van der Waals surface area contributed by atoms with Gasteiger partial charge in [0.25, 0.3) is 0 Å². The van der Waals surface area contributed by atoms with Crippen molar-refractivity contribution >= 4 is 11.8 Å². The molecule has 2 aromatic carbocycles. The van der Waals surface area contributed by atoms with Crippen LogP contribution in [0.15, 0.2) is 47.6 Å². The summed E-state index contributed by atoms with van der Waals surface area (Å²) in [5, 5.41) is 33.7. The van der Waals surface area contributed by atoms with Crippen LogP contribution in [0.2, 0.25) is 0 Å². The molecular formula is C61H95N3O7. The Morgan fingerprint density at radius 1 is 0.634 bits per heavy atom. The van der Waals surface area contributed by atoms with Gasteiger partial charge in [0.15, 0.2) is 5.78 Å². The predicted molar refractivity (Wildman–Crippen MR) is 289 cm³/mol. The lowest BCUT2D eigenvalue weighted by molar-refractivity contribution is -0.133. The van der Waals surface area contributed by atoms with Crippen molar-refractivity contribution in [2.24, 2.45) is 17.7 Å². The molecule has 0 unspecified atom stereocenters. The van der Waals surface area contributed by atoms with Gasteiger partial charge in [-0.1, -0.05) is 118 Å². The molecule has 0 radical (unpaired) electrons. The number of rotatable bonds is 16. The van der Waals surface area contributed by atoms with Crippen molar-refractivity contribution in [3.63, 3.8) is 0 Å². The van der Waals surface area contributed by atoms with Crippen LogP contribution >= 0.6 is 0 Å². The molecule has 6 aliphatic rings.